The number of imidazole rings is 1. The van der Waals surface area contributed by atoms with Crippen molar-refractivity contribution in [2.24, 2.45) is 0 Å². The highest BCUT2D eigenvalue weighted by atomic mass is 16.3. The molecule has 0 unspecified atom stereocenters. The van der Waals surface area contributed by atoms with E-state index < -0.39 is 0 Å². The van der Waals surface area contributed by atoms with E-state index in [0.29, 0.717) is 19.6 Å². The SMILES string of the molecule is C[C@@H](Cn1ccnc1)NC(=O)N1CC=C(c2ccc(O)cc2)CC1. The van der Waals surface area contributed by atoms with E-state index >= 15 is 0 Å². The Morgan fingerprint density at radius 3 is 2.79 bits per heavy atom. The fraction of sp³-hybridized carbons (Fsp3) is 0.333. The minimum Gasteiger partial charge on any atom is -0.508 e. The minimum atomic E-state index is -0.0383. The quantitative estimate of drug-likeness (QED) is 0.907. The molecule has 0 saturated carbocycles. The second kappa shape index (κ2) is 7.21. The number of nitrogens with one attached hydrogen (secondary N) is 1. The zero-order valence-electron chi connectivity index (χ0n) is 13.7. The van der Waals surface area contributed by atoms with E-state index in [1.807, 2.05) is 34.7 Å². The van der Waals surface area contributed by atoms with Crippen LogP contribution >= 0.6 is 0 Å². The fourth-order valence-electron chi connectivity index (χ4n) is 2.85. The molecule has 1 aromatic carbocycles. The Morgan fingerprint density at radius 1 is 1.38 bits per heavy atom. The maximum Gasteiger partial charge on any atom is 0.317 e. The monoisotopic (exact) mass is 326 g/mol. The molecule has 1 aliphatic rings. The summed E-state index contributed by atoms with van der Waals surface area (Å²) in [6.07, 6.45) is 8.26. The third-order valence-electron chi connectivity index (χ3n) is 4.15. The van der Waals surface area contributed by atoms with E-state index in [2.05, 4.69) is 16.4 Å². The van der Waals surface area contributed by atoms with Gasteiger partial charge in [-0.2, -0.15) is 0 Å². The van der Waals surface area contributed by atoms with Gasteiger partial charge in [0.05, 0.1) is 6.33 Å². The van der Waals surface area contributed by atoms with Crippen LogP contribution in [0.4, 0.5) is 4.79 Å². The van der Waals surface area contributed by atoms with Crippen LogP contribution in [-0.2, 0) is 6.54 Å². The molecule has 2 N–H and O–H groups in total. The lowest BCUT2D eigenvalue weighted by atomic mass is 9.99. The minimum absolute atomic E-state index is 0.0363. The highest BCUT2D eigenvalue weighted by Gasteiger charge is 2.19. The van der Waals surface area contributed by atoms with Gasteiger partial charge < -0.3 is 19.9 Å². The zero-order chi connectivity index (χ0) is 16.9. The summed E-state index contributed by atoms with van der Waals surface area (Å²) < 4.78 is 1.95. The molecule has 1 aromatic heterocycles. The van der Waals surface area contributed by atoms with Crippen LogP contribution in [0.1, 0.15) is 18.9 Å². The Hall–Kier alpha value is -2.76. The van der Waals surface area contributed by atoms with Gasteiger partial charge in [0.15, 0.2) is 0 Å². The topological polar surface area (TPSA) is 70.4 Å². The molecule has 0 radical (unpaired) electrons. The molecule has 0 aliphatic carbocycles. The lowest BCUT2D eigenvalue weighted by molar-refractivity contribution is 0.198. The molecule has 0 spiro atoms. The first-order valence-corrected chi connectivity index (χ1v) is 8.11. The van der Waals surface area contributed by atoms with Gasteiger partial charge in [0.1, 0.15) is 5.75 Å². The predicted molar refractivity (Wildman–Crippen MR) is 92.5 cm³/mol. The van der Waals surface area contributed by atoms with Crippen LogP contribution in [0.25, 0.3) is 5.57 Å². The largest absolute Gasteiger partial charge is 0.508 e. The van der Waals surface area contributed by atoms with Gasteiger partial charge in [-0.25, -0.2) is 9.78 Å². The third-order valence-corrected chi connectivity index (χ3v) is 4.15. The number of urea groups is 1. The van der Waals surface area contributed by atoms with E-state index in [1.165, 1.54) is 5.57 Å². The summed E-state index contributed by atoms with van der Waals surface area (Å²) in [5, 5.41) is 12.4. The van der Waals surface area contributed by atoms with Crippen LogP contribution in [0.2, 0.25) is 0 Å². The highest BCUT2D eigenvalue weighted by Crippen LogP contribution is 2.24. The van der Waals surface area contributed by atoms with Crippen molar-refractivity contribution in [1.29, 1.82) is 0 Å². The molecular formula is C18H22N4O2. The molecule has 0 fully saturated rings. The van der Waals surface area contributed by atoms with Crippen molar-refractivity contribution < 1.29 is 9.90 Å². The normalized spacial score (nSPS) is 15.7. The number of aromatic hydroxyl groups is 1. The molecule has 1 atom stereocenters. The van der Waals surface area contributed by atoms with Gasteiger partial charge in [-0.1, -0.05) is 18.2 Å². The average molecular weight is 326 g/mol. The number of hydrogen-bond donors (Lipinski definition) is 2. The third kappa shape index (κ3) is 3.95. The Morgan fingerprint density at radius 2 is 2.17 bits per heavy atom. The summed E-state index contributed by atoms with van der Waals surface area (Å²) in [6.45, 7) is 3.98. The van der Waals surface area contributed by atoms with E-state index in [9.17, 15) is 9.90 Å². The van der Waals surface area contributed by atoms with Crippen molar-refractivity contribution in [3.63, 3.8) is 0 Å². The summed E-state index contributed by atoms with van der Waals surface area (Å²) in [5.74, 6) is 0.267. The molecule has 2 aromatic rings. The molecule has 6 heteroatoms. The lowest BCUT2D eigenvalue weighted by Gasteiger charge is -2.28. The standard InChI is InChI=1S/C18H22N4O2/c1-14(12-21-11-8-19-13-21)20-18(24)22-9-6-16(7-10-22)15-2-4-17(23)5-3-15/h2-6,8,11,13-14,23H,7,9-10,12H2,1H3,(H,20,24)/t14-/m0/s1. The Bertz CT molecular complexity index is 707. The number of nitrogens with zero attached hydrogens (tertiary/aromatic N) is 3. The number of benzene rings is 1. The van der Waals surface area contributed by atoms with Gasteiger partial charge in [-0.3, -0.25) is 0 Å². The lowest BCUT2D eigenvalue weighted by Crippen LogP contribution is -2.46. The summed E-state index contributed by atoms with van der Waals surface area (Å²) in [6, 6.07) is 7.19. The van der Waals surface area contributed by atoms with Crippen molar-refractivity contribution in [1.82, 2.24) is 19.8 Å². The Labute approximate surface area is 141 Å². The molecular weight excluding hydrogens is 304 g/mol. The molecule has 0 bridgehead atoms. The molecule has 24 heavy (non-hydrogen) atoms. The number of phenols is 1. The molecule has 1 aliphatic heterocycles. The molecule has 2 heterocycles. The first kappa shape index (κ1) is 16.1. The highest BCUT2D eigenvalue weighted by molar-refractivity contribution is 5.77. The number of aromatic nitrogens is 2. The second-order valence-electron chi connectivity index (χ2n) is 6.08. The maximum absolute atomic E-state index is 12.4. The second-order valence-corrected chi connectivity index (χ2v) is 6.08. The van der Waals surface area contributed by atoms with Crippen molar-refractivity contribution in [2.75, 3.05) is 13.1 Å². The number of hydrogen-bond acceptors (Lipinski definition) is 3. The Balaban J connectivity index is 1.53. The first-order chi connectivity index (χ1) is 11.6. The first-order valence-electron chi connectivity index (χ1n) is 8.11. The summed E-state index contributed by atoms with van der Waals surface area (Å²) in [7, 11) is 0. The maximum atomic E-state index is 12.4. The zero-order valence-corrected chi connectivity index (χ0v) is 13.7. The molecule has 6 nitrogen and oxygen atoms in total. The fourth-order valence-corrected chi connectivity index (χ4v) is 2.85. The van der Waals surface area contributed by atoms with Crippen molar-refractivity contribution in [3.8, 4) is 5.75 Å². The van der Waals surface area contributed by atoms with Crippen molar-refractivity contribution in [3.05, 3.63) is 54.6 Å². The van der Waals surface area contributed by atoms with E-state index in [1.54, 1.807) is 24.7 Å². The van der Waals surface area contributed by atoms with E-state index in [4.69, 9.17) is 0 Å². The van der Waals surface area contributed by atoms with Crippen LogP contribution < -0.4 is 5.32 Å². The van der Waals surface area contributed by atoms with E-state index in [0.717, 1.165) is 12.0 Å². The smallest absolute Gasteiger partial charge is 0.317 e. The molecule has 126 valence electrons. The van der Waals surface area contributed by atoms with Gasteiger partial charge in [0.2, 0.25) is 0 Å². The molecule has 0 saturated heterocycles. The summed E-state index contributed by atoms with van der Waals surface area (Å²) in [5.41, 5.74) is 2.31. The summed E-state index contributed by atoms with van der Waals surface area (Å²) in [4.78, 5) is 18.2. The van der Waals surface area contributed by atoms with Crippen LogP contribution in [0.3, 0.4) is 0 Å². The number of rotatable bonds is 4. The average Bonchev–Trinajstić information content (AvgIpc) is 3.08. The summed E-state index contributed by atoms with van der Waals surface area (Å²) >= 11 is 0. The van der Waals surface area contributed by atoms with Gasteiger partial charge in [-0.05, 0) is 36.6 Å². The molecule has 3 rings (SSSR count). The predicted octanol–water partition coefficient (Wildman–Crippen LogP) is 2.48. The number of carbonyl (C=O) groups excluding carboxylic acids is 1. The van der Waals surface area contributed by atoms with Gasteiger partial charge in [-0.15, -0.1) is 0 Å². The van der Waals surface area contributed by atoms with Crippen LogP contribution in [0.15, 0.2) is 49.1 Å². The van der Waals surface area contributed by atoms with Crippen LogP contribution in [0.5, 0.6) is 5.75 Å². The van der Waals surface area contributed by atoms with Crippen molar-refractivity contribution >= 4 is 11.6 Å². The van der Waals surface area contributed by atoms with E-state index in [-0.39, 0.29) is 17.8 Å². The number of carbonyl (C=O) groups is 1. The number of phenolic OH excluding ortho intramolecular Hbond substituents is 1. The van der Waals surface area contributed by atoms with Gasteiger partial charge >= 0.3 is 6.03 Å². The Kier molecular flexibility index (Phi) is 4.84. The number of amides is 2. The van der Waals surface area contributed by atoms with Crippen molar-refractivity contribution in [2.45, 2.75) is 25.9 Å². The van der Waals surface area contributed by atoms with Gasteiger partial charge in [0.25, 0.3) is 0 Å². The van der Waals surface area contributed by atoms with Crippen LogP contribution in [0, 0.1) is 0 Å². The van der Waals surface area contributed by atoms with Gasteiger partial charge in [0, 0.05) is 38.1 Å². The molecule has 2 amide bonds. The van der Waals surface area contributed by atoms with Crippen LogP contribution in [-0.4, -0.2) is 44.7 Å².